The van der Waals surface area contributed by atoms with Gasteiger partial charge < -0.3 is 47.7 Å². The van der Waals surface area contributed by atoms with E-state index < -0.39 is 95.2 Å². The molecule has 3 aromatic carbocycles. The summed E-state index contributed by atoms with van der Waals surface area (Å²) in [6, 6.07) is 12.4. The largest absolute Gasteiger partial charge is 0.387 e. The number of nitrogens with two attached hydrogens (primary N) is 3. The topological polar surface area (TPSA) is 298 Å². The van der Waals surface area contributed by atoms with E-state index in [1.54, 1.807) is 10.8 Å². The summed E-state index contributed by atoms with van der Waals surface area (Å²) in [5, 5.41) is 17.7. The molecule has 0 unspecified atom stereocenters. The van der Waals surface area contributed by atoms with E-state index in [2.05, 4.69) is 16.0 Å². The Balaban J connectivity index is 1.26. The first-order valence-corrected chi connectivity index (χ1v) is 22.7. The van der Waals surface area contributed by atoms with Gasteiger partial charge in [0.15, 0.2) is 0 Å². The number of anilines is 2. The molecule has 22 heteroatoms. The number of hydrogen-bond donors (Lipinski definition) is 7. The van der Waals surface area contributed by atoms with Crippen LogP contribution in [-0.2, 0) is 40.1 Å². The van der Waals surface area contributed by atoms with Gasteiger partial charge in [-0.05, 0) is 79.6 Å². The summed E-state index contributed by atoms with van der Waals surface area (Å²) in [4.78, 5) is 111. The van der Waals surface area contributed by atoms with Crippen LogP contribution in [0.2, 0.25) is 0 Å². The minimum Gasteiger partial charge on any atom is -0.387 e. The van der Waals surface area contributed by atoms with Crippen LogP contribution in [-0.4, -0.2) is 111 Å². The standard InChI is InChI=1S/C49H59F2N11O9/c1-29(47(70)61(38(44(53)68)11-8-22-56-48(54)71)32-13-15-33(16-14-32)62-40(65)18-19-41(62)66)57-39(64)20-23-55-46(69)36(52)21-24-60(42(67)28-63)43(49(2,3)4)45-58-37(34-25-31(50)12-17-35(34)51)27-59(45)26-30-9-6-5-7-10-30/h5-7,9-10,12-19,25,27,29,36,38,43,63H,8,11,20-24,26,28,52H2,1-4H3,(H2,53,68)(H,55,69)(H,57,64)(H3,54,56,71)/t29-,36-,38-,43-/m0/s1. The van der Waals surface area contributed by atoms with Crippen molar-refractivity contribution in [2.24, 2.45) is 22.6 Å². The van der Waals surface area contributed by atoms with Crippen molar-refractivity contribution in [1.29, 1.82) is 0 Å². The summed E-state index contributed by atoms with van der Waals surface area (Å²) in [7, 11) is 0. The highest BCUT2D eigenvalue weighted by atomic mass is 19.1. The van der Waals surface area contributed by atoms with Crippen LogP contribution in [0, 0.1) is 17.0 Å². The number of carbonyl (C=O) groups excluding carboxylic acids is 8. The Morgan fingerprint density at radius 2 is 1.54 bits per heavy atom. The Bertz CT molecular complexity index is 2620. The Morgan fingerprint density at radius 3 is 2.14 bits per heavy atom. The van der Waals surface area contributed by atoms with Gasteiger partial charge in [-0.1, -0.05) is 51.1 Å². The van der Waals surface area contributed by atoms with Crippen molar-refractivity contribution in [2.45, 2.75) is 84.1 Å². The lowest BCUT2D eigenvalue weighted by Crippen LogP contribution is -2.55. The molecule has 0 radical (unpaired) electrons. The maximum Gasteiger partial charge on any atom is 0.312 e. The van der Waals surface area contributed by atoms with E-state index in [1.165, 1.54) is 36.1 Å². The molecule has 1 aliphatic rings. The quantitative estimate of drug-likeness (QED) is 0.0418. The van der Waals surface area contributed by atoms with Crippen LogP contribution < -0.4 is 43.0 Å². The third-order valence-electron chi connectivity index (χ3n) is 11.5. The number of amides is 9. The molecule has 1 aliphatic heterocycles. The second-order valence-corrected chi connectivity index (χ2v) is 17.9. The summed E-state index contributed by atoms with van der Waals surface area (Å²) >= 11 is 0. The van der Waals surface area contributed by atoms with Crippen LogP contribution in [0.1, 0.15) is 70.8 Å². The number of hydrogen-bond acceptors (Lipinski definition) is 11. The van der Waals surface area contributed by atoms with Gasteiger partial charge >= 0.3 is 6.03 Å². The van der Waals surface area contributed by atoms with Crippen molar-refractivity contribution >= 4 is 58.8 Å². The molecule has 20 nitrogen and oxygen atoms in total. The summed E-state index contributed by atoms with van der Waals surface area (Å²) in [5.74, 6) is -6.00. The van der Waals surface area contributed by atoms with E-state index in [-0.39, 0.29) is 74.5 Å². The number of rotatable bonds is 23. The molecule has 0 saturated heterocycles. The van der Waals surface area contributed by atoms with Crippen LogP contribution in [0.3, 0.4) is 0 Å². The van der Waals surface area contributed by atoms with Crippen molar-refractivity contribution in [2.75, 3.05) is 36.0 Å². The molecule has 0 spiro atoms. The summed E-state index contributed by atoms with van der Waals surface area (Å²) in [6.45, 7) is 5.88. The normalized spacial score (nSPS) is 14.1. The fraction of sp³-hybridized carbons (Fsp3) is 0.367. The van der Waals surface area contributed by atoms with Gasteiger partial charge in [0.25, 0.3) is 11.8 Å². The maximum atomic E-state index is 15.1. The Kier molecular flexibility index (Phi) is 18.4. The van der Waals surface area contributed by atoms with E-state index in [9.17, 15) is 47.9 Å². The number of urea groups is 1. The molecular formula is C49H59F2N11O9. The Hall–Kier alpha value is -7.85. The predicted molar refractivity (Wildman–Crippen MR) is 257 cm³/mol. The number of nitrogens with zero attached hydrogens (tertiary/aromatic N) is 5. The van der Waals surface area contributed by atoms with E-state index in [4.69, 9.17) is 22.2 Å². The van der Waals surface area contributed by atoms with Gasteiger partial charge in [-0.15, -0.1) is 0 Å². The lowest BCUT2D eigenvalue weighted by Gasteiger charge is -2.40. The lowest BCUT2D eigenvalue weighted by molar-refractivity contribution is -0.140. The minimum atomic E-state index is -1.29. The molecule has 0 aliphatic carbocycles. The fourth-order valence-corrected chi connectivity index (χ4v) is 8.07. The summed E-state index contributed by atoms with van der Waals surface area (Å²) in [6.07, 6.45) is 3.45. The highest BCUT2D eigenvalue weighted by Crippen LogP contribution is 2.40. The molecule has 1 aromatic heterocycles. The van der Waals surface area contributed by atoms with Gasteiger partial charge in [-0.25, -0.2) is 23.5 Å². The van der Waals surface area contributed by atoms with Crippen LogP contribution in [0.25, 0.3) is 11.3 Å². The second-order valence-electron chi connectivity index (χ2n) is 17.9. The molecular weight excluding hydrogens is 925 g/mol. The van der Waals surface area contributed by atoms with Crippen molar-refractivity contribution in [3.05, 3.63) is 114 Å². The van der Waals surface area contributed by atoms with Crippen molar-refractivity contribution < 1.29 is 52.2 Å². The van der Waals surface area contributed by atoms with Gasteiger partial charge in [0.05, 0.1) is 23.5 Å². The lowest BCUT2D eigenvalue weighted by atomic mass is 9.84. The first kappa shape index (κ1) is 54.1. The molecule has 2 heterocycles. The number of primary amides is 2. The molecule has 0 saturated carbocycles. The monoisotopic (exact) mass is 983 g/mol. The van der Waals surface area contributed by atoms with Gasteiger partial charge in [-0.2, -0.15) is 0 Å². The van der Waals surface area contributed by atoms with Crippen molar-refractivity contribution in [3.63, 3.8) is 0 Å². The number of aromatic nitrogens is 2. The maximum absolute atomic E-state index is 15.1. The van der Waals surface area contributed by atoms with E-state index in [0.717, 1.165) is 45.7 Å². The number of carbonyl (C=O) groups is 8. The number of imidazole rings is 1. The van der Waals surface area contributed by atoms with Gasteiger partial charge in [0.1, 0.15) is 36.1 Å². The average Bonchev–Trinajstić information content (AvgIpc) is 3.88. The van der Waals surface area contributed by atoms with Crippen LogP contribution in [0.15, 0.2) is 91.1 Å². The zero-order chi connectivity index (χ0) is 52.2. The van der Waals surface area contributed by atoms with Crippen molar-refractivity contribution in [3.8, 4) is 11.3 Å². The minimum absolute atomic E-state index is 0.0384. The number of aliphatic hydroxyl groups excluding tert-OH is 1. The number of halogens is 2. The molecule has 10 N–H and O–H groups in total. The molecule has 71 heavy (non-hydrogen) atoms. The first-order chi connectivity index (χ1) is 33.6. The Labute approximate surface area is 408 Å². The van der Waals surface area contributed by atoms with Gasteiger partial charge in [0, 0.05) is 62.2 Å². The third-order valence-corrected chi connectivity index (χ3v) is 11.5. The van der Waals surface area contributed by atoms with E-state index in [0.29, 0.717) is 5.82 Å². The van der Waals surface area contributed by atoms with Gasteiger partial charge in [-0.3, -0.25) is 38.5 Å². The number of imide groups is 1. The SMILES string of the molecule is C[C@H](NC(=O)CCNC(=O)[C@@H](N)CCN(C(=O)CO)[C@@H](c1nc(-c2cc(F)ccc2F)cn1Cc1ccccc1)C(C)(C)C)C(=O)N(c1ccc(N2C(=O)C=CC2=O)cc1)[C@@H](CCCNC(N)=O)C(N)=O. The van der Waals surface area contributed by atoms with Crippen molar-refractivity contribution in [1.82, 2.24) is 30.4 Å². The van der Waals surface area contributed by atoms with Crippen LogP contribution in [0.5, 0.6) is 0 Å². The highest BCUT2D eigenvalue weighted by molar-refractivity contribution is 6.28. The molecule has 9 amide bonds. The van der Waals surface area contributed by atoms with Crippen LogP contribution >= 0.6 is 0 Å². The number of benzene rings is 3. The predicted octanol–water partition coefficient (Wildman–Crippen LogP) is 2.28. The van der Waals surface area contributed by atoms with E-state index in [1.807, 2.05) is 51.1 Å². The molecule has 4 aromatic rings. The second kappa shape index (κ2) is 24.1. The zero-order valence-corrected chi connectivity index (χ0v) is 39.8. The van der Waals surface area contributed by atoms with Crippen LogP contribution in [0.4, 0.5) is 25.0 Å². The summed E-state index contributed by atoms with van der Waals surface area (Å²) in [5.41, 5.74) is 17.7. The smallest absolute Gasteiger partial charge is 0.312 e. The highest BCUT2D eigenvalue weighted by Gasteiger charge is 2.39. The Morgan fingerprint density at radius 1 is 0.873 bits per heavy atom. The fourth-order valence-electron chi connectivity index (χ4n) is 8.07. The first-order valence-electron chi connectivity index (χ1n) is 22.7. The molecule has 4 atom stereocenters. The van der Waals surface area contributed by atoms with E-state index >= 15 is 4.39 Å². The summed E-state index contributed by atoms with van der Waals surface area (Å²) < 4.78 is 31.3. The average molecular weight is 984 g/mol. The zero-order valence-electron chi connectivity index (χ0n) is 39.8. The number of aliphatic hydroxyl groups is 1. The van der Waals surface area contributed by atoms with Gasteiger partial charge in [0.2, 0.25) is 29.5 Å². The molecule has 0 fully saturated rings. The third kappa shape index (κ3) is 14.1. The number of nitrogens with one attached hydrogen (secondary N) is 3. The molecule has 0 bridgehead atoms. The molecule has 5 rings (SSSR count). The molecule has 378 valence electrons.